The molecule has 1 aromatic rings. The lowest BCUT2D eigenvalue weighted by atomic mass is 10.3. The Morgan fingerprint density at radius 1 is 1.50 bits per heavy atom. The largest absolute Gasteiger partial charge is 0.361 e. The zero-order chi connectivity index (χ0) is 13.3. The number of non-ortho nitro benzene ring substituents is 1. The predicted molar refractivity (Wildman–Crippen MR) is 62.4 cm³/mol. The summed E-state index contributed by atoms with van der Waals surface area (Å²) in [5.41, 5.74) is -0.246. The van der Waals surface area contributed by atoms with Crippen molar-refractivity contribution in [3.8, 4) is 0 Å². The lowest BCUT2D eigenvalue weighted by Crippen LogP contribution is -2.34. The summed E-state index contributed by atoms with van der Waals surface area (Å²) in [4.78, 5) is 9.93. The molecule has 0 spiro atoms. The number of hydrogen-bond donors (Lipinski definition) is 0. The molecule has 8 heteroatoms. The van der Waals surface area contributed by atoms with E-state index in [0.717, 1.165) is 6.07 Å². The maximum atomic E-state index is 12.2. The van der Waals surface area contributed by atoms with Gasteiger partial charge in [0.25, 0.3) is 5.69 Å². The fourth-order valence-corrected chi connectivity index (χ4v) is 3.34. The summed E-state index contributed by atoms with van der Waals surface area (Å²) in [6.07, 6.45) is -0.547. The highest BCUT2D eigenvalue weighted by Gasteiger charge is 2.34. The van der Waals surface area contributed by atoms with E-state index in [2.05, 4.69) is 0 Å². The maximum absolute atomic E-state index is 12.2. The third-order valence-electron chi connectivity index (χ3n) is 2.71. The number of ether oxygens (including phenoxy) is 1. The molecule has 18 heavy (non-hydrogen) atoms. The Balaban J connectivity index is 2.41. The summed E-state index contributed by atoms with van der Waals surface area (Å²) in [5.74, 6) is 0. The van der Waals surface area contributed by atoms with Crippen LogP contribution in [-0.2, 0) is 14.8 Å². The molecule has 0 amide bonds. The van der Waals surface area contributed by atoms with E-state index in [1.165, 1.54) is 22.5 Å². The Morgan fingerprint density at radius 3 is 2.78 bits per heavy atom. The molecular formula is C10H12N2O5S. The second kappa shape index (κ2) is 4.63. The van der Waals surface area contributed by atoms with Gasteiger partial charge in [-0.3, -0.25) is 10.1 Å². The Bertz CT molecular complexity index is 571. The molecule has 1 saturated heterocycles. The summed E-state index contributed by atoms with van der Waals surface area (Å²) in [6.45, 7) is 2.21. The van der Waals surface area contributed by atoms with Crippen molar-refractivity contribution < 1.29 is 18.1 Å². The minimum absolute atomic E-state index is 0.0888. The van der Waals surface area contributed by atoms with Gasteiger partial charge in [-0.15, -0.1) is 0 Å². The van der Waals surface area contributed by atoms with Crippen molar-refractivity contribution in [2.24, 2.45) is 0 Å². The molecule has 1 unspecified atom stereocenters. The summed E-state index contributed by atoms with van der Waals surface area (Å²) in [7, 11) is -3.74. The van der Waals surface area contributed by atoms with E-state index in [1.54, 1.807) is 6.92 Å². The van der Waals surface area contributed by atoms with Crippen molar-refractivity contribution in [3.05, 3.63) is 34.4 Å². The van der Waals surface area contributed by atoms with E-state index in [0.29, 0.717) is 6.61 Å². The molecule has 0 saturated carbocycles. The minimum atomic E-state index is -3.74. The van der Waals surface area contributed by atoms with Crippen molar-refractivity contribution in [3.63, 3.8) is 0 Å². The maximum Gasteiger partial charge on any atom is 0.270 e. The van der Waals surface area contributed by atoms with Crippen molar-refractivity contribution in [2.45, 2.75) is 18.0 Å². The summed E-state index contributed by atoms with van der Waals surface area (Å²) >= 11 is 0. The normalized spacial score (nSPS) is 21.1. The number of nitrogens with zero attached hydrogens (tertiary/aromatic N) is 2. The molecule has 1 fully saturated rings. The smallest absolute Gasteiger partial charge is 0.270 e. The first-order valence-electron chi connectivity index (χ1n) is 5.31. The van der Waals surface area contributed by atoms with Gasteiger partial charge in [0.05, 0.1) is 16.4 Å². The van der Waals surface area contributed by atoms with Crippen LogP contribution in [0, 0.1) is 10.1 Å². The number of sulfonamides is 1. The van der Waals surface area contributed by atoms with Crippen molar-refractivity contribution in [2.75, 3.05) is 13.2 Å². The predicted octanol–water partition coefficient (Wildman–Crippen LogP) is 0.962. The van der Waals surface area contributed by atoms with Crippen molar-refractivity contribution in [1.29, 1.82) is 0 Å². The highest BCUT2D eigenvalue weighted by Crippen LogP contribution is 2.24. The molecule has 1 atom stereocenters. The SMILES string of the molecule is CC1OCCN1S(=O)(=O)c1cccc([N+](=O)[O-])c1. The summed E-state index contributed by atoms with van der Waals surface area (Å²) in [5, 5.41) is 10.6. The van der Waals surface area contributed by atoms with Crippen LogP contribution < -0.4 is 0 Å². The zero-order valence-electron chi connectivity index (χ0n) is 9.64. The van der Waals surface area contributed by atoms with E-state index in [-0.39, 0.29) is 17.1 Å². The molecule has 0 aromatic heterocycles. The van der Waals surface area contributed by atoms with Gasteiger partial charge in [0, 0.05) is 18.7 Å². The highest BCUT2D eigenvalue weighted by molar-refractivity contribution is 7.89. The van der Waals surface area contributed by atoms with Gasteiger partial charge in [0.1, 0.15) is 6.23 Å². The Kier molecular flexibility index (Phi) is 3.33. The highest BCUT2D eigenvalue weighted by atomic mass is 32.2. The fourth-order valence-electron chi connectivity index (χ4n) is 1.79. The quantitative estimate of drug-likeness (QED) is 0.604. The summed E-state index contributed by atoms with van der Waals surface area (Å²) in [6, 6.07) is 5.00. The van der Waals surface area contributed by atoms with Crippen LogP contribution in [0.3, 0.4) is 0 Å². The van der Waals surface area contributed by atoms with Gasteiger partial charge in [-0.1, -0.05) is 6.07 Å². The number of hydrogen-bond acceptors (Lipinski definition) is 5. The lowest BCUT2D eigenvalue weighted by molar-refractivity contribution is -0.385. The molecule has 2 rings (SSSR count). The van der Waals surface area contributed by atoms with E-state index >= 15 is 0 Å². The molecular weight excluding hydrogens is 260 g/mol. The molecule has 1 heterocycles. The fraction of sp³-hybridized carbons (Fsp3) is 0.400. The van der Waals surface area contributed by atoms with E-state index < -0.39 is 21.2 Å². The molecule has 98 valence electrons. The van der Waals surface area contributed by atoms with Crippen LogP contribution in [0.5, 0.6) is 0 Å². The number of nitro groups is 1. The van der Waals surface area contributed by atoms with Crippen molar-refractivity contribution >= 4 is 15.7 Å². The van der Waals surface area contributed by atoms with Gasteiger partial charge in [-0.05, 0) is 13.0 Å². The molecule has 1 aliphatic heterocycles. The lowest BCUT2D eigenvalue weighted by Gasteiger charge is -2.19. The average molecular weight is 272 g/mol. The topological polar surface area (TPSA) is 89.8 Å². The minimum Gasteiger partial charge on any atom is -0.361 e. The number of nitro benzene ring substituents is 1. The first-order chi connectivity index (χ1) is 8.43. The van der Waals surface area contributed by atoms with Crippen molar-refractivity contribution in [1.82, 2.24) is 4.31 Å². The first kappa shape index (κ1) is 12.9. The van der Waals surface area contributed by atoms with Gasteiger partial charge in [-0.25, -0.2) is 8.42 Å². The average Bonchev–Trinajstić information content (AvgIpc) is 2.76. The van der Waals surface area contributed by atoms with Crippen LogP contribution in [-0.4, -0.2) is 37.0 Å². The molecule has 0 radical (unpaired) electrons. The molecule has 7 nitrogen and oxygen atoms in total. The third kappa shape index (κ3) is 2.22. The standard InChI is InChI=1S/C10H12N2O5S/c1-8-11(5-6-17-8)18(15,16)10-4-2-3-9(7-10)12(13)14/h2-4,7-8H,5-6H2,1H3. The van der Waals surface area contributed by atoms with Gasteiger partial charge in [0.15, 0.2) is 0 Å². The Hall–Kier alpha value is -1.51. The van der Waals surface area contributed by atoms with Crippen LogP contribution in [0.2, 0.25) is 0 Å². The van der Waals surface area contributed by atoms with Crippen LogP contribution in [0.4, 0.5) is 5.69 Å². The Morgan fingerprint density at radius 2 is 2.22 bits per heavy atom. The number of rotatable bonds is 3. The van der Waals surface area contributed by atoms with Gasteiger partial charge in [-0.2, -0.15) is 4.31 Å². The van der Waals surface area contributed by atoms with E-state index in [4.69, 9.17) is 4.74 Å². The molecule has 1 aromatic carbocycles. The van der Waals surface area contributed by atoms with E-state index in [1.807, 2.05) is 0 Å². The summed E-state index contributed by atoms with van der Waals surface area (Å²) < 4.78 is 30.8. The monoisotopic (exact) mass is 272 g/mol. The second-order valence-corrected chi connectivity index (χ2v) is 5.73. The molecule has 0 N–H and O–H groups in total. The zero-order valence-corrected chi connectivity index (χ0v) is 10.5. The van der Waals surface area contributed by atoms with Gasteiger partial charge in [0.2, 0.25) is 10.0 Å². The molecule has 1 aliphatic rings. The van der Waals surface area contributed by atoms with Crippen LogP contribution in [0.1, 0.15) is 6.92 Å². The molecule has 0 aliphatic carbocycles. The van der Waals surface area contributed by atoms with Crippen LogP contribution in [0.15, 0.2) is 29.2 Å². The second-order valence-electron chi connectivity index (χ2n) is 3.84. The van der Waals surface area contributed by atoms with Gasteiger partial charge < -0.3 is 4.74 Å². The molecule has 0 bridgehead atoms. The van der Waals surface area contributed by atoms with Crippen LogP contribution >= 0.6 is 0 Å². The first-order valence-corrected chi connectivity index (χ1v) is 6.75. The number of benzene rings is 1. The van der Waals surface area contributed by atoms with Gasteiger partial charge >= 0.3 is 0 Å². The third-order valence-corrected chi connectivity index (χ3v) is 4.66. The van der Waals surface area contributed by atoms with E-state index in [9.17, 15) is 18.5 Å². The van der Waals surface area contributed by atoms with Crippen LogP contribution in [0.25, 0.3) is 0 Å². The Labute approximate surface area is 104 Å².